The lowest BCUT2D eigenvalue weighted by atomic mass is 10.1. The van der Waals surface area contributed by atoms with Crippen LogP contribution in [0.2, 0.25) is 0 Å². The van der Waals surface area contributed by atoms with E-state index in [2.05, 4.69) is 22.1 Å². The minimum absolute atomic E-state index is 0.0132. The van der Waals surface area contributed by atoms with Crippen LogP contribution in [0.1, 0.15) is 11.7 Å². The van der Waals surface area contributed by atoms with E-state index in [1.54, 1.807) is 19.4 Å². The highest BCUT2D eigenvalue weighted by Gasteiger charge is 2.23. The molecule has 2 heterocycles. The van der Waals surface area contributed by atoms with Gasteiger partial charge in [-0.1, -0.05) is 30.3 Å². The summed E-state index contributed by atoms with van der Waals surface area (Å²) >= 11 is 0. The average molecular weight is 381 g/mol. The summed E-state index contributed by atoms with van der Waals surface area (Å²) in [6, 6.07) is 13.7. The minimum Gasteiger partial charge on any atom is -0.493 e. The number of aromatic nitrogens is 2. The normalized spacial score (nSPS) is 17.6. The molecule has 0 bridgehead atoms. The number of methoxy groups -OCH3 is 2. The highest BCUT2D eigenvalue weighted by Crippen LogP contribution is 2.32. The summed E-state index contributed by atoms with van der Waals surface area (Å²) in [5.74, 6) is 0.964. The van der Waals surface area contributed by atoms with Crippen molar-refractivity contribution in [2.75, 3.05) is 33.9 Å². The highest BCUT2D eigenvalue weighted by atomic mass is 16.5. The lowest BCUT2D eigenvalue weighted by molar-refractivity contribution is -0.0421. The molecule has 7 heteroatoms. The van der Waals surface area contributed by atoms with Crippen LogP contribution >= 0.6 is 0 Å². The first-order valence-electron chi connectivity index (χ1n) is 9.21. The first-order valence-corrected chi connectivity index (χ1v) is 9.21. The third-order valence-electron chi connectivity index (χ3n) is 5.02. The molecule has 3 aromatic rings. The standard InChI is InChI=1S/C21H23N3O4/c1-26-17-9-8-16-12-22-24(21(25)19(16)20(17)27-2)14-23-10-11-28-18(13-23)15-6-4-3-5-7-15/h3-9,12,18H,10-11,13-14H2,1-2H3. The van der Waals surface area contributed by atoms with Crippen LogP contribution in [0.5, 0.6) is 11.5 Å². The topological polar surface area (TPSA) is 65.8 Å². The van der Waals surface area contributed by atoms with Crippen molar-refractivity contribution in [3.8, 4) is 11.5 Å². The van der Waals surface area contributed by atoms with E-state index >= 15 is 0 Å². The van der Waals surface area contributed by atoms with Gasteiger partial charge < -0.3 is 14.2 Å². The molecule has 1 aliphatic rings. The van der Waals surface area contributed by atoms with Gasteiger partial charge in [-0.25, -0.2) is 4.68 Å². The van der Waals surface area contributed by atoms with Crippen molar-refractivity contribution < 1.29 is 14.2 Å². The van der Waals surface area contributed by atoms with Gasteiger partial charge in [-0.15, -0.1) is 0 Å². The predicted molar refractivity (Wildman–Crippen MR) is 106 cm³/mol. The fourth-order valence-corrected chi connectivity index (χ4v) is 3.57. The Labute approximate surface area is 163 Å². The molecule has 0 spiro atoms. The second-order valence-corrected chi connectivity index (χ2v) is 6.70. The minimum atomic E-state index is -0.198. The SMILES string of the molecule is COc1ccc2cnn(CN3CCOC(c4ccccc4)C3)c(=O)c2c1OC. The zero-order valence-corrected chi connectivity index (χ0v) is 16.0. The fraction of sp³-hybridized carbons (Fsp3) is 0.333. The van der Waals surface area contributed by atoms with Gasteiger partial charge in [0.2, 0.25) is 0 Å². The number of hydrogen-bond acceptors (Lipinski definition) is 6. The van der Waals surface area contributed by atoms with Gasteiger partial charge in [0.1, 0.15) is 0 Å². The number of fused-ring (bicyclic) bond motifs is 1. The van der Waals surface area contributed by atoms with E-state index in [4.69, 9.17) is 14.2 Å². The van der Waals surface area contributed by atoms with Gasteiger partial charge in [-0.3, -0.25) is 9.69 Å². The van der Waals surface area contributed by atoms with Gasteiger partial charge in [0.05, 0.1) is 45.2 Å². The van der Waals surface area contributed by atoms with E-state index in [0.717, 1.165) is 17.5 Å². The Hall–Kier alpha value is -2.90. The molecule has 0 radical (unpaired) electrons. The van der Waals surface area contributed by atoms with Crippen LogP contribution in [-0.2, 0) is 11.4 Å². The maximum atomic E-state index is 13.1. The molecular weight excluding hydrogens is 358 g/mol. The number of morpholine rings is 1. The molecule has 1 unspecified atom stereocenters. The third-order valence-corrected chi connectivity index (χ3v) is 5.02. The molecule has 2 aromatic carbocycles. The van der Waals surface area contributed by atoms with Crippen LogP contribution < -0.4 is 15.0 Å². The molecule has 0 N–H and O–H groups in total. The zero-order chi connectivity index (χ0) is 19.5. The zero-order valence-electron chi connectivity index (χ0n) is 16.0. The van der Waals surface area contributed by atoms with Crippen LogP contribution in [0.15, 0.2) is 53.5 Å². The quantitative estimate of drug-likeness (QED) is 0.676. The Morgan fingerprint density at radius 2 is 1.96 bits per heavy atom. The van der Waals surface area contributed by atoms with Crippen LogP contribution in [0.25, 0.3) is 10.8 Å². The molecule has 4 rings (SSSR count). The number of benzene rings is 2. The molecule has 1 fully saturated rings. The summed E-state index contributed by atoms with van der Waals surface area (Å²) in [6.45, 7) is 2.44. The van der Waals surface area contributed by atoms with E-state index in [1.165, 1.54) is 11.8 Å². The summed E-state index contributed by atoms with van der Waals surface area (Å²) in [5.41, 5.74) is 0.938. The van der Waals surface area contributed by atoms with Gasteiger partial charge >= 0.3 is 0 Å². The molecule has 28 heavy (non-hydrogen) atoms. The van der Waals surface area contributed by atoms with E-state index in [0.29, 0.717) is 36.7 Å². The smallest absolute Gasteiger partial charge is 0.279 e. The first-order chi connectivity index (χ1) is 13.7. The van der Waals surface area contributed by atoms with Gasteiger partial charge in [0.25, 0.3) is 5.56 Å². The largest absolute Gasteiger partial charge is 0.493 e. The van der Waals surface area contributed by atoms with E-state index < -0.39 is 0 Å². The molecule has 1 aromatic heterocycles. The molecule has 1 atom stereocenters. The van der Waals surface area contributed by atoms with Crippen LogP contribution in [0.3, 0.4) is 0 Å². The van der Waals surface area contributed by atoms with Crippen molar-refractivity contribution in [1.29, 1.82) is 0 Å². The van der Waals surface area contributed by atoms with Crippen molar-refractivity contribution in [2.45, 2.75) is 12.8 Å². The van der Waals surface area contributed by atoms with Crippen molar-refractivity contribution in [3.63, 3.8) is 0 Å². The van der Waals surface area contributed by atoms with Crippen LogP contribution in [0.4, 0.5) is 0 Å². The van der Waals surface area contributed by atoms with E-state index in [1.807, 2.05) is 24.3 Å². The molecule has 1 aliphatic heterocycles. The second kappa shape index (κ2) is 8.00. The van der Waals surface area contributed by atoms with Gasteiger partial charge in [-0.2, -0.15) is 5.10 Å². The molecule has 1 saturated heterocycles. The van der Waals surface area contributed by atoms with Crippen molar-refractivity contribution in [2.24, 2.45) is 0 Å². The summed E-state index contributed by atoms with van der Waals surface area (Å²) < 4.78 is 18.2. The maximum Gasteiger partial charge on any atom is 0.279 e. The molecule has 0 amide bonds. The Morgan fingerprint density at radius 3 is 2.71 bits per heavy atom. The van der Waals surface area contributed by atoms with Gasteiger partial charge in [-0.05, 0) is 17.7 Å². The number of rotatable bonds is 5. The highest BCUT2D eigenvalue weighted by molar-refractivity contribution is 5.89. The first kappa shape index (κ1) is 18.5. The summed E-state index contributed by atoms with van der Waals surface area (Å²) in [4.78, 5) is 15.3. The predicted octanol–water partition coefficient (Wildman–Crippen LogP) is 2.44. The summed E-state index contributed by atoms with van der Waals surface area (Å²) in [6.07, 6.45) is 1.68. The number of nitrogens with zero attached hydrogens (tertiary/aromatic N) is 3. The van der Waals surface area contributed by atoms with Crippen molar-refractivity contribution >= 4 is 10.8 Å². The van der Waals surface area contributed by atoms with Gasteiger partial charge in [0, 0.05) is 18.5 Å². The van der Waals surface area contributed by atoms with E-state index in [9.17, 15) is 4.79 Å². The van der Waals surface area contributed by atoms with Crippen molar-refractivity contribution in [3.05, 3.63) is 64.6 Å². The Balaban J connectivity index is 1.63. The molecule has 7 nitrogen and oxygen atoms in total. The molecule has 146 valence electrons. The summed E-state index contributed by atoms with van der Waals surface area (Å²) in [5, 5.41) is 5.56. The maximum absolute atomic E-state index is 13.1. The molecule has 0 saturated carbocycles. The average Bonchev–Trinajstić information content (AvgIpc) is 2.75. The van der Waals surface area contributed by atoms with Crippen LogP contribution in [0, 0.1) is 0 Å². The monoisotopic (exact) mass is 381 g/mol. The Kier molecular flexibility index (Phi) is 5.27. The Bertz CT molecular complexity index is 1020. The van der Waals surface area contributed by atoms with E-state index in [-0.39, 0.29) is 11.7 Å². The number of ether oxygens (including phenoxy) is 3. The fourth-order valence-electron chi connectivity index (χ4n) is 3.57. The lowest BCUT2D eigenvalue weighted by Crippen LogP contribution is -2.42. The van der Waals surface area contributed by atoms with Gasteiger partial charge in [0.15, 0.2) is 11.5 Å². The Morgan fingerprint density at radius 1 is 1.14 bits per heavy atom. The lowest BCUT2D eigenvalue weighted by Gasteiger charge is -2.33. The van der Waals surface area contributed by atoms with Crippen molar-refractivity contribution in [1.82, 2.24) is 14.7 Å². The third kappa shape index (κ3) is 3.46. The van der Waals surface area contributed by atoms with Crippen LogP contribution in [-0.4, -0.2) is 48.6 Å². The number of hydrogen-bond donors (Lipinski definition) is 0. The second-order valence-electron chi connectivity index (χ2n) is 6.70. The summed E-state index contributed by atoms with van der Waals surface area (Å²) in [7, 11) is 3.09. The molecule has 0 aliphatic carbocycles. The molecular formula is C21H23N3O4.